The molecule has 0 heterocycles. The highest BCUT2D eigenvalue weighted by atomic mass is 79.9. The number of benzene rings is 2. The van der Waals surface area contributed by atoms with Crippen molar-refractivity contribution in [2.24, 2.45) is 0 Å². The molecule has 112 valence electrons. The van der Waals surface area contributed by atoms with E-state index in [1.54, 1.807) is 6.92 Å². The van der Waals surface area contributed by atoms with Crippen molar-refractivity contribution in [1.82, 2.24) is 0 Å². The monoisotopic (exact) mass is 348 g/mol. The first kappa shape index (κ1) is 16.1. The smallest absolute Gasteiger partial charge is 0.133 e. The lowest BCUT2D eigenvalue weighted by Crippen LogP contribution is -2.00. The van der Waals surface area contributed by atoms with Gasteiger partial charge in [-0.05, 0) is 49.1 Å². The molecular weight excluding hydrogens is 328 g/mol. The highest BCUT2D eigenvalue weighted by Gasteiger charge is 2.14. The Bertz CT molecular complexity index is 608. The minimum atomic E-state index is -0.576. The molecule has 2 aromatic rings. The molecule has 0 aromatic heterocycles. The first-order valence-electron chi connectivity index (χ1n) is 7.27. The van der Waals surface area contributed by atoms with Crippen molar-refractivity contribution in [2.75, 3.05) is 0 Å². The zero-order valence-electron chi connectivity index (χ0n) is 12.6. The summed E-state index contributed by atoms with van der Waals surface area (Å²) in [4.78, 5) is 0. The van der Waals surface area contributed by atoms with E-state index >= 15 is 0 Å². The molecule has 0 radical (unpaired) electrons. The van der Waals surface area contributed by atoms with Crippen LogP contribution < -0.4 is 4.74 Å². The summed E-state index contributed by atoms with van der Waals surface area (Å²) >= 11 is 3.43. The van der Waals surface area contributed by atoms with Crippen molar-refractivity contribution in [3.05, 3.63) is 58.1 Å². The van der Waals surface area contributed by atoms with E-state index < -0.39 is 6.10 Å². The van der Waals surface area contributed by atoms with E-state index in [1.165, 1.54) is 5.56 Å². The predicted molar refractivity (Wildman–Crippen MR) is 90.0 cm³/mol. The van der Waals surface area contributed by atoms with Crippen LogP contribution in [0, 0.1) is 0 Å². The van der Waals surface area contributed by atoms with Crippen molar-refractivity contribution in [3.63, 3.8) is 0 Å². The van der Waals surface area contributed by atoms with Gasteiger partial charge in [-0.1, -0.05) is 48.0 Å². The third-order valence-electron chi connectivity index (χ3n) is 3.70. The Morgan fingerprint density at radius 3 is 2.38 bits per heavy atom. The fraction of sp³-hybridized carbons (Fsp3) is 0.333. The lowest BCUT2D eigenvalue weighted by Gasteiger charge is -2.18. The summed E-state index contributed by atoms with van der Waals surface area (Å²) in [6.45, 7) is 6.11. The molecule has 2 atom stereocenters. The zero-order chi connectivity index (χ0) is 15.4. The van der Waals surface area contributed by atoms with Gasteiger partial charge >= 0.3 is 0 Å². The predicted octanol–water partition coefficient (Wildman–Crippen LogP) is 5.81. The summed E-state index contributed by atoms with van der Waals surface area (Å²) in [6, 6.07) is 13.8. The summed E-state index contributed by atoms with van der Waals surface area (Å²) in [7, 11) is 0. The first-order chi connectivity index (χ1) is 10.0. The quantitative estimate of drug-likeness (QED) is 0.738. The maximum Gasteiger partial charge on any atom is 0.133 e. The van der Waals surface area contributed by atoms with Crippen LogP contribution in [0.1, 0.15) is 50.3 Å². The summed E-state index contributed by atoms with van der Waals surface area (Å²) < 4.78 is 7.03. The van der Waals surface area contributed by atoms with Crippen LogP contribution in [-0.2, 0) is 0 Å². The Kier molecular flexibility index (Phi) is 5.43. The minimum absolute atomic E-state index is 0.437. The SMILES string of the molecule is CCC(C)c1ccccc1Oc1ccc(Br)cc1C(C)O. The van der Waals surface area contributed by atoms with Gasteiger partial charge < -0.3 is 9.84 Å². The molecule has 2 rings (SSSR count). The number of aliphatic hydroxyl groups excluding tert-OH is 1. The van der Waals surface area contributed by atoms with Crippen LogP contribution in [-0.4, -0.2) is 5.11 Å². The van der Waals surface area contributed by atoms with E-state index in [9.17, 15) is 5.11 Å². The van der Waals surface area contributed by atoms with Crippen LogP contribution in [0.4, 0.5) is 0 Å². The maximum atomic E-state index is 9.93. The highest BCUT2D eigenvalue weighted by Crippen LogP contribution is 2.36. The van der Waals surface area contributed by atoms with Gasteiger partial charge in [0.1, 0.15) is 11.5 Å². The minimum Gasteiger partial charge on any atom is -0.457 e. The number of halogens is 1. The number of hydrogen-bond acceptors (Lipinski definition) is 2. The van der Waals surface area contributed by atoms with Crippen LogP contribution in [0.25, 0.3) is 0 Å². The van der Waals surface area contributed by atoms with Gasteiger partial charge in [0.25, 0.3) is 0 Å². The average Bonchev–Trinajstić information content (AvgIpc) is 2.48. The van der Waals surface area contributed by atoms with Crippen LogP contribution in [0.15, 0.2) is 46.9 Å². The van der Waals surface area contributed by atoms with E-state index in [0.29, 0.717) is 11.7 Å². The molecule has 2 nitrogen and oxygen atoms in total. The largest absolute Gasteiger partial charge is 0.457 e. The third-order valence-corrected chi connectivity index (χ3v) is 4.20. The van der Waals surface area contributed by atoms with Crippen LogP contribution in [0.3, 0.4) is 0 Å². The molecule has 0 aliphatic carbocycles. The Hall–Kier alpha value is -1.32. The Morgan fingerprint density at radius 1 is 1.05 bits per heavy atom. The third kappa shape index (κ3) is 3.86. The average molecular weight is 349 g/mol. The van der Waals surface area contributed by atoms with Crippen molar-refractivity contribution in [2.45, 2.75) is 39.2 Å². The summed E-state index contributed by atoms with van der Waals surface area (Å²) in [5, 5.41) is 9.93. The number of hydrogen-bond donors (Lipinski definition) is 1. The molecule has 0 amide bonds. The summed E-state index contributed by atoms with van der Waals surface area (Å²) in [6.07, 6.45) is 0.484. The zero-order valence-corrected chi connectivity index (χ0v) is 14.2. The fourth-order valence-corrected chi connectivity index (χ4v) is 2.64. The van der Waals surface area contributed by atoms with Crippen molar-refractivity contribution in [1.29, 1.82) is 0 Å². The number of rotatable bonds is 5. The van der Waals surface area contributed by atoms with Gasteiger partial charge in [-0.25, -0.2) is 0 Å². The lowest BCUT2D eigenvalue weighted by atomic mass is 9.98. The molecule has 0 aliphatic heterocycles. The Morgan fingerprint density at radius 2 is 1.71 bits per heavy atom. The molecule has 0 saturated heterocycles. The molecule has 0 saturated carbocycles. The molecule has 3 heteroatoms. The standard InChI is InChI=1S/C18H21BrO2/c1-4-12(2)15-7-5-6-8-17(15)21-18-10-9-14(19)11-16(18)13(3)20/h5-13,20H,4H2,1-3H3. The second-order valence-corrected chi connectivity index (χ2v) is 6.22. The van der Waals surface area contributed by atoms with E-state index in [2.05, 4.69) is 35.8 Å². The summed E-state index contributed by atoms with van der Waals surface area (Å²) in [5.41, 5.74) is 1.97. The van der Waals surface area contributed by atoms with E-state index in [4.69, 9.17) is 4.74 Å². The Balaban J connectivity index is 2.39. The molecule has 0 aliphatic rings. The number of para-hydroxylation sites is 1. The van der Waals surface area contributed by atoms with Crippen molar-refractivity contribution in [3.8, 4) is 11.5 Å². The van der Waals surface area contributed by atoms with Gasteiger partial charge in [0.15, 0.2) is 0 Å². The van der Waals surface area contributed by atoms with Gasteiger partial charge in [0.2, 0.25) is 0 Å². The van der Waals surface area contributed by atoms with Crippen LogP contribution in [0.5, 0.6) is 11.5 Å². The van der Waals surface area contributed by atoms with Crippen molar-refractivity contribution < 1.29 is 9.84 Å². The maximum absolute atomic E-state index is 9.93. The van der Waals surface area contributed by atoms with Crippen LogP contribution >= 0.6 is 15.9 Å². The lowest BCUT2D eigenvalue weighted by molar-refractivity contribution is 0.195. The number of aliphatic hydroxyl groups is 1. The van der Waals surface area contributed by atoms with Crippen molar-refractivity contribution >= 4 is 15.9 Å². The number of ether oxygens (including phenoxy) is 1. The normalized spacial score (nSPS) is 13.8. The second-order valence-electron chi connectivity index (χ2n) is 5.31. The topological polar surface area (TPSA) is 29.5 Å². The fourth-order valence-electron chi connectivity index (χ4n) is 2.26. The van der Waals surface area contributed by atoms with E-state index in [-0.39, 0.29) is 0 Å². The van der Waals surface area contributed by atoms with Gasteiger partial charge in [-0.2, -0.15) is 0 Å². The summed E-state index contributed by atoms with van der Waals surface area (Å²) in [5.74, 6) is 1.99. The van der Waals surface area contributed by atoms with Gasteiger partial charge in [-0.3, -0.25) is 0 Å². The van der Waals surface area contributed by atoms with Gasteiger partial charge in [0, 0.05) is 10.0 Å². The molecule has 2 aromatic carbocycles. The molecule has 1 N–H and O–H groups in total. The first-order valence-corrected chi connectivity index (χ1v) is 8.06. The highest BCUT2D eigenvalue weighted by molar-refractivity contribution is 9.10. The molecular formula is C18H21BrO2. The van der Waals surface area contributed by atoms with E-state index in [0.717, 1.165) is 22.2 Å². The second kappa shape index (κ2) is 7.10. The molecule has 0 fully saturated rings. The molecule has 2 unspecified atom stereocenters. The van der Waals surface area contributed by atoms with Gasteiger partial charge in [0.05, 0.1) is 6.10 Å². The van der Waals surface area contributed by atoms with Gasteiger partial charge in [-0.15, -0.1) is 0 Å². The molecule has 21 heavy (non-hydrogen) atoms. The van der Waals surface area contributed by atoms with E-state index in [1.807, 2.05) is 36.4 Å². The molecule has 0 bridgehead atoms. The molecule has 0 spiro atoms. The van der Waals surface area contributed by atoms with Crippen LogP contribution in [0.2, 0.25) is 0 Å². The Labute approximate surface area is 134 Å².